The van der Waals surface area contributed by atoms with Crippen molar-refractivity contribution in [3.63, 3.8) is 0 Å². The normalized spacial score (nSPS) is 15.3. The SMILES string of the molecule is COc1cc(OC)c(-c2cn3ccc(N4CCC(NC(=O)Oc5ccccc5)C4)cc3n2)cc1Cl. The van der Waals surface area contributed by atoms with E-state index >= 15 is 0 Å². The summed E-state index contributed by atoms with van der Waals surface area (Å²) in [5, 5.41) is 3.45. The Kier molecular flexibility index (Phi) is 6.37. The van der Waals surface area contributed by atoms with Gasteiger partial charge in [-0.3, -0.25) is 0 Å². The lowest BCUT2D eigenvalue weighted by Crippen LogP contribution is -2.38. The monoisotopic (exact) mass is 492 g/mol. The number of ether oxygens (including phenoxy) is 3. The van der Waals surface area contributed by atoms with Crippen LogP contribution in [0.3, 0.4) is 0 Å². The first-order valence-corrected chi connectivity index (χ1v) is 11.6. The number of imidazole rings is 1. The molecule has 1 saturated heterocycles. The lowest BCUT2D eigenvalue weighted by molar-refractivity contribution is 0.197. The number of hydrogen-bond acceptors (Lipinski definition) is 6. The number of nitrogens with zero attached hydrogens (tertiary/aromatic N) is 3. The van der Waals surface area contributed by atoms with E-state index in [4.69, 9.17) is 30.8 Å². The second kappa shape index (κ2) is 9.76. The number of halogens is 1. The van der Waals surface area contributed by atoms with Crippen molar-refractivity contribution in [1.29, 1.82) is 0 Å². The maximum Gasteiger partial charge on any atom is 0.412 e. The zero-order valence-electron chi connectivity index (χ0n) is 19.4. The summed E-state index contributed by atoms with van der Waals surface area (Å²) in [6.07, 6.45) is 4.30. The minimum Gasteiger partial charge on any atom is -0.496 e. The molecule has 1 unspecified atom stereocenters. The fourth-order valence-electron chi connectivity index (χ4n) is 4.26. The lowest BCUT2D eigenvalue weighted by Gasteiger charge is -2.19. The molecule has 1 amide bonds. The Morgan fingerprint density at radius 3 is 2.66 bits per heavy atom. The van der Waals surface area contributed by atoms with Crippen LogP contribution in [-0.2, 0) is 0 Å². The number of methoxy groups -OCH3 is 2. The average Bonchev–Trinajstić information content (AvgIpc) is 3.51. The summed E-state index contributed by atoms with van der Waals surface area (Å²) in [4.78, 5) is 19.3. The third-order valence-electron chi connectivity index (χ3n) is 6.02. The number of carbonyl (C=O) groups is 1. The largest absolute Gasteiger partial charge is 0.496 e. The van der Waals surface area contributed by atoms with Gasteiger partial charge < -0.3 is 28.8 Å². The molecule has 4 aromatic rings. The van der Waals surface area contributed by atoms with Crippen LogP contribution < -0.4 is 24.4 Å². The van der Waals surface area contributed by atoms with Crippen LogP contribution in [0.4, 0.5) is 10.5 Å². The van der Waals surface area contributed by atoms with E-state index in [-0.39, 0.29) is 6.04 Å². The van der Waals surface area contributed by atoms with Gasteiger partial charge in [-0.05, 0) is 30.7 Å². The minimum absolute atomic E-state index is 0.00319. The van der Waals surface area contributed by atoms with Crippen molar-refractivity contribution in [1.82, 2.24) is 14.7 Å². The lowest BCUT2D eigenvalue weighted by atomic mass is 10.1. The molecule has 35 heavy (non-hydrogen) atoms. The molecule has 9 heteroatoms. The van der Waals surface area contributed by atoms with Crippen molar-refractivity contribution in [2.24, 2.45) is 0 Å². The van der Waals surface area contributed by atoms with Crippen molar-refractivity contribution >= 4 is 29.0 Å². The molecule has 1 atom stereocenters. The van der Waals surface area contributed by atoms with Crippen LogP contribution in [0.1, 0.15) is 6.42 Å². The maximum absolute atomic E-state index is 12.2. The Bertz CT molecular complexity index is 1360. The van der Waals surface area contributed by atoms with Crippen molar-refractivity contribution in [3.8, 4) is 28.5 Å². The smallest absolute Gasteiger partial charge is 0.412 e. The first kappa shape index (κ1) is 22.9. The summed E-state index contributed by atoms with van der Waals surface area (Å²) < 4.78 is 18.1. The second-order valence-corrected chi connectivity index (χ2v) is 8.65. The van der Waals surface area contributed by atoms with Gasteiger partial charge >= 0.3 is 6.09 Å². The van der Waals surface area contributed by atoms with Gasteiger partial charge in [-0.25, -0.2) is 9.78 Å². The average molecular weight is 493 g/mol. The number of nitrogens with one attached hydrogen (secondary N) is 1. The van der Waals surface area contributed by atoms with Gasteiger partial charge in [-0.15, -0.1) is 0 Å². The van der Waals surface area contributed by atoms with Crippen molar-refractivity contribution < 1.29 is 19.0 Å². The van der Waals surface area contributed by atoms with Gasteiger partial charge in [0.05, 0.1) is 31.0 Å². The Morgan fingerprint density at radius 1 is 1.09 bits per heavy atom. The van der Waals surface area contributed by atoms with Gasteiger partial charge in [0.15, 0.2) is 0 Å². The number of rotatable bonds is 6. The molecule has 0 aliphatic carbocycles. The highest BCUT2D eigenvalue weighted by molar-refractivity contribution is 6.32. The topological polar surface area (TPSA) is 77.3 Å². The number of pyridine rings is 1. The number of para-hydroxylation sites is 1. The third-order valence-corrected chi connectivity index (χ3v) is 6.32. The van der Waals surface area contributed by atoms with Gasteiger partial charge in [0.25, 0.3) is 0 Å². The first-order valence-electron chi connectivity index (χ1n) is 11.2. The van der Waals surface area contributed by atoms with E-state index in [1.165, 1.54) is 0 Å². The fourth-order valence-corrected chi connectivity index (χ4v) is 4.50. The highest BCUT2D eigenvalue weighted by Crippen LogP contribution is 2.38. The zero-order chi connectivity index (χ0) is 24.4. The molecular formula is C26H25ClN4O4. The van der Waals surface area contributed by atoms with Crippen LogP contribution in [0.15, 0.2) is 67.0 Å². The molecule has 0 spiro atoms. The van der Waals surface area contributed by atoms with Gasteiger partial charge in [0.2, 0.25) is 0 Å². The molecule has 1 N–H and O–H groups in total. The molecule has 5 rings (SSSR count). The van der Waals surface area contributed by atoms with Gasteiger partial charge in [0, 0.05) is 48.9 Å². The predicted octanol–water partition coefficient (Wildman–Crippen LogP) is 5.04. The highest BCUT2D eigenvalue weighted by atomic mass is 35.5. The Balaban J connectivity index is 1.30. The van der Waals surface area contributed by atoms with E-state index in [0.29, 0.717) is 28.8 Å². The van der Waals surface area contributed by atoms with Gasteiger partial charge in [-0.1, -0.05) is 29.8 Å². The van der Waals surface area contributed by atoms with Crippen LogP contribution in [0.5, 0.6) is 17.2 Å². The van der Waals surface area contributed by atoms with Gasteiger partial charge in [-0.2, -0.15) is 0 Å². The van der Waals surface area contributed by atoms with E-state index in [1.54, 1.807) is 38.5 Å². The molecule has 1 fully saturated rings. The van der Waals surface area contributed by atoms with E-state index in [2.05, 4.69) is 10.2 Å². The molecule has 0 bridgehead atoms. The van der Waals surface area contributed by atoms with E-state index in [0.717, 1.165) is 35.6 Å². The van der Waals surface area contributed by atoms with E-state index < -0.39 is 6.09 Å². The van der Waals surface area contributed by atoms with Crippen LogP contribution >= 0.6 is 11.6 Å². The van der Waals surface area contributed by atoms with Crippen LogP contribution in [0.25, 0.3) is 16.9 Å². The summed E-state index contributed by atoms with van der Waals surface area (Å²) in [5.41, 5.74) is 3.36. The van der Waals surface area contributed by atoms with Crippen LogP contribution in [0.2, 0.25) is 5.02 Å². The highest BCUT2D eigenvalue weighted by Gasteiger charge is 2.25. The number of anilines is 1. The third kappa shape index (κ3) is 4.83. The van der Waals surface area contributed by atoms with Gasteiger partial charge in [0.1, 0.15) is 22.9 Å². The quantitative estimate of drug-likeness (QED) is 0.406. The molecule has 1 aliphatic rings. The summed E-state index contributed by atoms with van der Waals surface area (Å²) in [6, 6.07) is 16.7. The number of aromatic nitrogens is 2. The first-order chi connectivity index (χ1) is 17.0. The van der Waals surface area contributed by atoms with Crippen LogP contribution in [0, 0.1) is 0 Å². The molecule has 0 radical (unpaired) electrons. The predicted molar refractivity (Wildman–Crippen MR) is 135 cm³/mol. The molecule has 0 saturated carbocycles. The number of carbonyl (C=O) groups excluding carboxylic acids is 1. The molecule has 2 aromatic carbocycles. The molecule has 180 valence electrons. The fraction of sp³-hybridized carbons (Fsp3) is 0.231. The maximum atomic E-state index is 12.2. The second-order valence-electron chi connectivity index (χ2n) is 8.24. The summed E-state index contributed by atoms with van der Waals surface area (Å²) >= 11 is 6.35. The zero-order valence-corrected chi connectivity index (χ0v) is 20.2. The molecule has 1 aliphatic heterocycles. The van der Waals surface area contributed by atoms with Crippen LogP contribution in [-0.4, -0.2) is 48.8 Å². The number of fused-ring (bicyclic) bond motifs is 1. The molecule has 3 heterocycles. The van der Waals surface area contributed by atoms with E-state index in [1.807, 2.05) is 47.1 Å². The summed E-state index contributed by atoms with van der Waals surface area (Å²) in [5.74, 6) is 1.70. The molecular weight excluding hydrogens is 468 g/mol. The number of hydrogen-bond donors (Lipinski definition) is 1. The Hall–Kier alpha value is -3.91. The molecule has 2 aromatic heterocycles. The van der Waals surface area contributed by atoms with Crippen molar-refractivity contribution in [2.75, 3.05) is 32.2 Å². The standard InChI is InChI=1S/C26H25ClN4O4/c1-33-23-14-24(34-2)21(27)13-20(23)22-16-31-11-9-18(12-25(31)29-22)30-10-8-17(15-30)28-26(32)35-19-6-4-3-5-7-19/h3-7,9,11-14,16-17H,8,10,15H2,1-2H3,(H,28,32). The van der Waals surface area contributed by atoms with Crippen molar-refractivity contribution in [2.45, 2.75) is 12.5 Å². The number of amides is 1. The van der Waals surface area contributed by atoms with Crippen molar-refractivity contribution in [3.05, 3.63) is 72.0 Å². The van der Waals surface area contributed by atoms with E-state index in [9.17, 15) is 4.79 Å². The number of benzene rings is 2. The Morgan fingerprint density at radius 2 is 1.89 bits per heavy atom. The summed E-state index contributed by atoms with van der Waals surface area (Å²) in [7, 11) is 3.17. The Labute approximate surface area is 208 Å². The summed E-state index contributed by atoms with van der Waals surface area (Å²) in [6.45, 7) is 1.51. The minimum atomic E-state index is -0.441. The molecule has 8 nitrogen and oxygen atoms in total.